The van der Waals surface area contributed by atoms with Crippen LogP contribution in [0.3, 0.4) is 0 Å². The van der Waals surface area contributed by atoms with Gasteiger partial charge in [-0.1, -0.05) is 61.5 Å². The summed E-state index contributed by atoms with van der Waals surface area (Å²) in [6.07, 6.45) is 1.20. The van der Waals surface area contributed by atoms with E-state index in [0.717, 1.165) is 38.3 Å². The molecule has 1 heterocycles. The van der Waals surface area contributed by atoms with Gasteiger partial charge in [0.2, 0.25) is 5.91 Å². The van der Waals surface area contributed by atoms with Crippen LogP contribution >= 0.6 is 0 Å². The monoisotopic (exact) mass is 365 g/mol. The maximum Gasteiger partial charge on any atom is 0.234 e. The highest BCUT2D eigenvalue weighted by atomic mass is 16.2. The number of benzene rings is 2. The molecule has 1 N–H and O–H groups in total. The van der Waals surface area contributed by atoms with Gasteiger partial charge >= 0.3 is 0 Å². The largest absolute Gasteiger partial charge is 0.348 e. The SMILES string of the molecule is CCCN1CCN(CC(=O)NC(C)c2ccc(-c3ccccc3)cc2)CC1. The Kier molecular flexibility index (Phi) is 7.02. The number of hydrogen-bond donors (Lipinski definition) is 1. The van der Waals surface area contributed by atoms with Crippen molar-refractivity contribution in [2.45, 2.75) is 26.3 Å². The summed E-state index contributed by atoms with van der Waals surface area (Å²) in [7, 11) is 0. The van der Waals surface area contributed by atoms with Crippen LogP contribution in [0.2, 0.25) is 0 Å². The summed E-state index contributed by atoms with van der Waals surface area (Å²) in [5, 5.41) is 3.14. The van der Waals surface area contributed by atoms with Crippen LogP contribution in [-0.4, -0.2) is 55.0 Å². The molecule has 0 spiro atoms. The van der Waals surface area contributed by atoms with Crippen molar-refractivity contribution < 1.29 is 4.79 Å². The molecule has 2 aromatic carbocycles. The highest BCUT2D eigenvalue weighted by Crippen LogP contribution is 2.21. The Morgan fingerprint density at radius 1 is 0.926 bits per heavy atom. The van der Waals surface area contributed by atoms with Crippen molar-refractivity contribution in [3.63, 3.8) is 0 Å². The molecule has 0 saturated carbocycles. The Morgan fingerprint density at radius 2 is 1.52 bits per heavy atom. The molecule has 1 saturated heterocycles. The number of amides is 1. The second-order valence-electron chi connectivity index (χ2n) is 7.40. The summed E-state index contributed by atoms with van der Waals surface area (Å²) < 4.78 is 0. The third kappa shape index (κ3) is 5.65. The lowest BCUT2D eigenvalue weighted by molar-refractivity contribution is -0.123. The maximum absolute atomic E-state index is 12.4. The van der Waals surface area contributed by atoms with Crippen molar-refractivity contribution in [2.24, 2.45) is 0 Å². The standard InChI is InChI=1S/C23H31N3O/c1-3-13-25-14-16-26(17-15-25)18-23(27)24-19(2)20-9-11-22(12-10-20)21-7-5-4-6-8-21/h4-12,19H,3,13-18H2,1-2H3,(H,24,27). The van der Waals surface area contributed by atoms with Crippen molar-refractivity contribution in [2.75, 3.05) is 39.3 Å². The second-order valence-corrected chi connectivity index (χ2v) is 7.40. The Balaban J connectivity index is 1.48. The Hall–Kier alpha value is -2.17. The van der Waals surface area contributed by atoms with Gasteiger partial charge in [-0.3, -0.25) is 9.69 Å². The highest BCUT2D eigenvalue weighted by molar-refractivity contribution is 5.78. The van der Waals surface area contributed by atoms with E-state index in [1.165, 1.54) is 17.5 Å². The van der Waals surface area contributed by atoms with Crippen LogP contribution in [0.5, 0.6) is 0 Å². The van der Waals surface area contributed by atoms with E-state index in [9.17, 15) is 4.79 Å². The van der Waals surface area contributed by atoms with Crippen molar-refractivity contribution in [3.8, 4) is 11.1 Å². The lowest BCUT2D eigenvalue weighted by Crippen LogP contribution is -2.49. The van der Waals surface area contributed by atoms with E-state index >= 15 is 0 Å². The molecule has 1 aliphatic rings. The van der Waals surface area contributed by atoms with Crippen LogP contribution in [0.25, 0.3) is 11.1 Å². The molecule has 1 fully saturated rings. The minimum absolute atomic E-state index is 0.0173. The molecule has 3 rings (SSSR count). The van der Waals surface area contributed by atoms with Gasteiger partial charge in [0.05, 0.1) is 12.6 Å². The molecular weight excluding hydrogens is 334 g/mol. The molecule has 0 aromatic heterocycles. The summed E-state index contributed by atoms with van der Waals surface area (Å²) in [6.45, 7) is 10.0. The van der Waals surface area contributed by atoms with Crippen molar-refractivity contribution in [1.29, 1.82) is 0 Å². The van der Waals surface area contributed by atoms with Crippen molar-refractivity contribution >= 4 is 5.91 Å². The van der Waals surface area contributed by atoms with Gasteiger partial charge < -0.3 is 10.2 Å². The predicted molar refractivity (Wildman–Crippen MR) is 112 cm³/mol. The van der Waals surface area contributed by atoms with Crippen molar-refractivity contribution in [1.82, 2.24) is 15.1 Å². The summed E-state index contributed by atoms with van der Waals surface area (Å²) in [4.78, 5) is 17.2. The van der Waals surface area contributed by atoms with E-state index in [2.05, 4.69) is 65.4 Å². The average Bonchev–Trinajstić information content (AvgIpc) is 2.70. The molecule has 4 heteroatoms. The predicted octanol–water partition coefficient (Wildman–Crippen LogP) is 3.56. The number of hydrogen-bond acceptors (Lipinski definition) is 3. The zero-order valence-electron chi connectivity index (χ0n) is 16.5. The number of rotatable bonds is 7. The van der Waals surface area contributed by atoms with E-state index in [1.54, 1.807) is 0 Å². The van der Waals surface area contributed by atoms with E-state index in [1.807, 2.05) is 18.2 Å². The van der Waals surface area contributed by atoms with Gasteiger partial charge in [-0.05, 0) is 36.6 Å². The maximum atomic E-state index is 12.4. The highest BCUT2D eigenvalue weighted by Gasteiger charge is 2.19. The first-order chi connectivity index (χ1) is 13.2. The van der Waals surface area contributed by atoms with Gasteiger partial charge in [0.25, 0.3) is 0 Å². The van der Waals surface area contributed by atoms with E-state index in [4.69, 9.17) is 0 Å². The summed E-state index contributed by atoms with van der Waals surface area (Å²) in [5.41, 5.74) is 3.54. The molecule has 144 valence electrons. The normalized spacial score (nSPS) is 16.8. The zero-order valence-corrected chi connectivity index (χ0v) is 16.5. The quantitative estimate of drug-likeness (QED) is 0.815. The Morgan fingerprint density at radius 3 is 2.15 bits per heavy atom. The van der Waals surface area contributed by atoms with Gasteiger partial charge in [-0.2, -0.15) is 0 Å². The fourth-order valence-electron chi connectivity index (χ4n) is 3.66. The van der Waals surface area contributed by atoms with Gasteiger partial charge in [0.1, 0.15) is 0 Å². The minimum atomic E-state index is 0.0173. The summed E-state index contributed by atoms with van der Waals surface area (Å²) in [5.74, 6) is 0.110. The minimum Gasteiger partial charge on any atom is -0.348 e. The Labute approximate surface area is 163 Å². The number of carbonyl (C=O) groups excluding carboxylic acids is 1. The number of piperazine rings is 1. The van der Waals surface area contributed by atoms with E-state index < -0.39 is 0 Å². The van der Waals surface area contributed by atoms with Crippen LogP contribution in [-0.2, 0) is 4.79 Å². The first-order valence-corrected chi connectivity index (χ1v) is 10.0. The van der Waals surface area contributed by atoms with Crippen molar-refractivity contribution in [3.05, 3.63) is 60.2 Å². The fraction of sp³-hybridized carbons (Fsp3) is 0.435. The molecule has 1 amide bonds. The summed E-state index contributed by atoms with van der Waals surface area (Å²) in [6, 6.07) is 18.8. The van der Waals surface area contributed by atoms with Gasteiger partial charge in [-0.15, -0.1) is 0 Å². The molecule has 1 atom stereocenters. The topological polar surface area (TPSA) is 35.6 Å². The zero-order chi connectivity index (χ0) is 19.1. The van der Waals surface area contributed by atoms with Crippen LogP contribution in [0, 0.1) is 0 Å². The number of nitrogens with one attached hydrogen (secondary N) is 1. The van der Waals surface area contributed by atoms with Gasteiger partial charge in [0.15, 0.2) is 0 Å². The fourth-order valence-corrected chi connectivity index (χ4v) is 3.66. The third-order valence-electron chi connectivity index (χ3n) is 5.27. The molecular formula is C23H31N3O. The van der Waals surface area contributed by atoms with Gasteiger partial charge in [0, 0.05) is 26.2 Å². The first-order valence-electron chi connectivity index (χ1n) is 10.0. The molecule has 0 radical (unpaired) electrons. The third-order valence-corrected chi connectivity index (χ3v) is 5.27. The average molecular weight is 366 g/mol. The van der Waals surface area contributed by atoms with Crippen LogP contribution in [0.15, 0.2) is 54.6 Å². The van der Waals surface area contributed by atoms with Crippen LogP contribution in [0.4, 0.5) is 0 Å². The van der Waals surface area contributed by atoms with Crippen LogP contribution < -0.4 is 5.32 Å². The Bertz CT molecular complexity index is 706. The lowest BCUT2D eigenvalue weighted by atomic mass is 10.0. The first kappa shape index (κ1) is 19.6. The second kappa shape index (κ2) is 9.67. The molecule has 2 aromatic rings. The molecule has 1 aliphatic heterocycles. The number of carbonyl (C=O) groups is 1. The van der Waals surface area contributed by atoms with Gasteiger partial charge in [-0.25, -0.2) is 0 Å². The molecule has 27 heavy (non-hydrogen) atoms. The smallest absolute Gasteiger partial charge is 0.234 e. The van der Waals surface area contributed by atoms with Crippen LogP contribution in [0.1, 0.15) is 31.9 Å². The summed E-state index contributed by atoms with van der Waals surface area (Å²) >= 11 is 0. The van der Waals surface area contributed by atoms with E-state index in [0.29, 0.717) is 6.54 Å². The molecule has 4 nitrogen and oxygen atoms in total. The van der Waals surface area contributed by atoms with E-state index in [-0.39, 0.29) is 11.9 Å². The number of nitrogens with zero attached hydrogens (tertiary/aromatic N) is 2. The molecule has 0 aliphatic carbocycles. The molecule has 1 unspecified atom stereocenters. The molecule has 0 bridgehead atoms. The lowest BCUT2D eigenvalue weighted by Gasteiger charge is -2.34.